The van der Waals surface area contributed by atoms with Gasteiger partial charge in [0.15, 0.2) is 23.9 Å². The summed E-state index contributed by atoms with van der Waals surface area (Å²) >= 11 is 0. The number of amides is 1. The average Bonchev–Trinajstić information content (AvgIpc) is 3.65. The zero-order valence-electron chi connectivity index (χ0n) is 25.0. The van der Waals surface area contributed by atoms with Crippen molar-refractivity contribution >= 4 is 38.5 Å². The molecule has 0 aliphatic carbocycles. The molecule has 3 aliphatic rings. The quantitative estimate of drug-likeness (QED) is 0.0950. The highest BCUT2D eigenvalue weighted by Gasteiger charge is 2.48. The predicted octanol–water partition coefficient (Wildman–Crippen LogP) is -2.69. The number of hydrogen-bond donors (Lipinski definition) is 9. The first-order valence-corrected chi connectivity index (χ1v) is 17.2. The predicted molar refractivity (Wildman–Crippen MR) is 157 cm³/mol. The second-order valence-electron chi connectivity index (χ2n) is 11.2. The van der Waals surface area contributed by atoms with Crippen molar-refractivity contribution in [3.8, 4) is 0 Å². The lowest BCUT2D eigenvalue weighted by molar-refractivity contribution is -0.115. The number of aliphatic hydroxyl groups is 5. The number of ether oxygens (including phenoxy) is 2. The number of rotatable bonds is 13. The van der Waals surface area contributed by atoms with E-state index >= 15 is 0 Å². The van der Waals surface area contributed by atoms with E-state index in [9.17, 15) is 49.2 Å². The molecular formula is C24H35N7O15P2. The molecule has 24 heteroatoms. The monoisotopic (exact) mass is 723 g/mol. The van der Waals surface area contributed by atoms with Crippen molar-refractivity contribution in [1.29, 1.82) is 0 Å². The number of phosphoric acid groups is 2. The standard InChI is InChI=1S/C24H35N7O15P2/c1-10(32)4-11-2-3-30(5-12(11)21(26)37)23-18(35)16(33)13(44-23)6-42-47(38,39)46-48(40,41)43-7-14-17(34)19(36)24(45-14)31-9-29-15-20(25)27-8-28-22(15)31/h2-3,5,8-11,13-14,16-19,23-24,32-36H,4,6-7H2,1H3,(H2,26,37)(H,38,39)(H,40,41)(H2,25,27,28)/t10?,11-,13-,14-,16-,17-,18-,19-,23-,24-/m1/s1. The van der Waals surface area contributed by atoms with Crippen molar-refractivity contribution in [2.24, 2.45) is 11.7 Å². The fourth-order valence-corrected chi connectivity index (χ4v) is 7.45. The smallest absolute Gasteiger partial charge is 0.393 e. The minimum absolute atomic E-state index is 0.0449. The normalized spacial score (nSPS) is 33.8. The van der Waals surface area contributed by atoms with E-state index in [-0.39, 0.29) is 29.0 Å². The number of carbonyl (C=O) groups excluding carboxylic acids is 1. The Bertz CT molecular complexity index is 1660. The molecule has 2 aromatic rings. The molecule has 11 N–H and O–H groups in total. The molecule has 2 aromatic heterocycles. The van der Waals surface area contributed by atoms with Crippen molar-refractivity contribution in [1.82, 2.24) is 24.4 Å². The molecule has 2 fully saturated rings. The Morgan fingerprint density at radius 2 is 1.56 bits per heavy atom. The molecule has 48 heavy (non-hydrogen) atoms. The molecule has 0 bridgehead atoms. The van der Waals surface area contributed by atoms with Crippen molar-refractivity contribution in [2.75, 3.05) is 18.9 Å². The number of nitrogens with two attached hydrogens (primary N) is 2. The number of hydrogen-bond acceptors (Lipinski definition) is 18. The van der Waals surface area contributed by atoms with Gasteiger partial charge in [-0.2, -0.15) is 4.31 Å². The number of anilines is 1. The van der Waals surface area contributed by atoms with Crippen LogP contribution in [0.5, 0.6) is 0 Å². The Kier molecular flexibility index (Phi) is 10.7. The molecule has 0 saturated carbocycles. The van der Waals surface area contributed by atoms with Gasteiger partial charge in [0, 0.05) is 23.9 Å². The lowest BCUT2D eigenvalue weighted by Gasteiger charge is -2.31. The van der Waals surface area contributed by atoms with Gasteiger partial charge in [0.2, 0.25) is 5.91 Å². The van der Waals surface area contributed by atoms with Crippen LogP contribution in [0.4, 0.5) is 5.82 Å². The first-order valence-electron chi connectivity index (χ1n) is 14.3. The Morgan fingerprint density at radius 3 is 2.15 bits per heavy atom. The summed E-state index contributed by atoms with van der Waals surface area (Å²) in [4.78, 5) is 45.2. The number of imidazole rings is 1. The summed E-state index contributed by atoms with van der Waals surface area (Å²) in [6.07, 6.45) is -6.09. The number of fused-ring (bicyclic) bond motifs is 1. The van der Waals surface area contributed by atoms with Gasteiger partial charge in [-0.05, 0) is 13.3 Å². The molecule has 3 aliphatic heterocycles. The van der Waals surface area contributed by atoms with Crippen LogP contribution in [0, 0.1) is 5.92 Å². The Hall–Kier alpha value is -2.92. The maximum absolute atomic E-state index is 12.5. The fraction of sp³-hybridized carbons (Fsp3) is 0.583. The van der Waals surface area contributed by atoms with E-state index < -0.39 is 95.9 Å². The highest BCUT2D eigenvalue weighted by Crippen LogP contribution is 2.60. The largest absolute Gasteiger partial charge is 0.481 e. The maximum Gasteiger partial charge on any atom is 0.481 e. The molecule has 12 atom stereocenters. The van der Waals surface area contributed by atoms with Crippen LogP contribution in [0.25, 0.3) is 11.2 Å². The molecule has 5 heterocycles. The average molecular weight is 724 g/mol. The number of phosphoric ester groups is 2. The second-order valence-corrected chi connectivity index (χ2v) is 14.3. The highest BCUT2D eigenvalue weighted by molar-refractivity contribution is 7.61. The van der Waals surface area contributed by atoms with Gasteiger partial charge < -0.3 is 61.2 Å². The van der Waals surface area contributed by atoms with Crippen LogP contribution >= 0.6 is 15.6 Å². The lowest BCUT2D eigenvalue weighted by Crippen LogP contribution is -2.41. The molecule has 5 rings (SSSR count). The van der Waals surface area contributed by atoms with Crippen LogP contribution in [0.3, 0.4) is 0 Å². The van der Waals surface area contributed by atoms with Gasteiger partial charge in [0.25, 0.3) is 0 Å². The lowest BCUT2D eigenvalue weighted by atomic mass is 9.91. The van der Waals surface area contributed by atoms with E-state index in [0.29, 0.717) is 0 Å². The van der Waals surface area contributed by atoms with E-state index in [0.717, 1.165) is 6.33 Å². The zero-order valence-corrected chi connectivity index (χ0v) is 26.8. The van der Waals surface area contributed by atoms with Gasteiger partial charge in [0.1, 0.15) is 48.5 Å². The maximum atomic E-state index is 12.5. The third-order valence-corrected chi connectivity index (χ3v) is 10.3. The summed E-state index contributed by atoms with van der Waals surface area (Å²) in [5.74, 6) is -1.28. The van der Waals surface area contributed by atoms with Crippen molar-refractivity contribution in [3.63, 3.8) is 0 Å². The van der Waals surface area contributed by atoms with Gasteiger partial charge in [0.05, 0.1) is 25.6 Å². The van der Waals surface area contributed by atoms with Crippen molar-refractivity contribution in [3.05, 3.63) is 36.7 Å². The minimum Gasteiger partial charge on any atom is -0.393 e. The summed E-state index contributed by atoms with van der Waals surface area (Å²) in [6, 6.07) is 0. The Labute approximate surface area is 271 Å². The van der Waals surface area contributed by atoms with E-state index in [1.165, 1.54) is 41.2 Å². The third-order valence-electron chi connectivity index (χ3n) is 7.70. The molecule has 266 valence electrons. The number of carbonyl (C=O) groups is 1. The molecule has 22 nitrogen and oxygen atoms in total. The van der Waals surface area contributed by atoms with Crippen LogP contribution in [-0.4, -0.2) is 128 Å². The second kappa shape index (κ2) is 14.1. The molecule has 3 unspecified atom stereocenters. The number of nitrogen functional groups attached to an aromatic ring is 1. The van der Waals surface area contributed by atoms with Crippen LogP contribution < -0.4 is 11.5 Å². The van der Waals surface area contributed by atoms with Gasteiger partial charge in [-0.15, -0.1) is 0 Å². The minimum atomic E-state index is -5.41. The summed E-state index contributed by atoms with van der Waals surface area (Å²) in [7, 11) is -10.8. The Balaban J connectivity index is 1.15. The fourth-order valence-electron chi connectivity index (χ4n) is 5.36. The number of aliphatic hydroxyl groups excluding tert-OH is 5. The zero-order chi connectivity index (χ0) is 35.1. The summed E-state index contributed by atoms with van der Waals surface area (Å²) in [6.45, 7) is -0.308. The molecule has 1 amide bonds. The van der Waals surface area contributed by atoms with Crippen LogP contribution in [0.2, 0.25) is 0 Å². The van der Waals surface area contributed by atoms with Crippen LogP contribution in [0.1, 0.15) is 19.6 Å². The third kappa shape index (κ3) is 7.77. The van der Waals surface area contributed by atoms with Gasteiger partial charge >= 0.3 is 15.6 Å². The number of primary amides is 1. The van der Waals surface area contributed by atoms with E-state index in [1.807, 2.05) is 0 Å². The molecule has 2 saturated heterocycles. The molecule has 0 spiro atoms. The number of nitrogens with zero attached hydrogens (tertiary/aromatic N) is 5. The topological polar surface area (TPSA) is 338 Å². The SMILES string of the molecule is CC(O)C[C@H]1C=CN([C@@H]2O[C@H](COP(=O)(O)OP(=O)(O)OC[C@H]3O[C@@H](n4cnc5c(N)ncnc54)[C@H](O)[C@@H]3O)[C@@H](O)[C@H]2O)C=C1C(N)=O. The molecular weight excluding hydrogens is 688 g/mol. The van der Waals surface area contributed by atoms with Crippen LogP contribution in [0.15, 0.2) is 36.7 Å². The van der Waals surface area contributed by atoms with E-state index in [4.69, 9.17) is 30.0 Å². The van der Waals surface area contributed by atoms with Crippen molar-refractivity contribution < 1.29 is 72.1 Å². The number of allylic oxidation sites excluding steroid dienone is 1. The van der Waals surface area contributed by atoms with Crippen LogP contribution in [-0.2, 0) is 36.8 Å². The van der Waals surface area contributed by atoms with Crippen molar-refractivity contribution in [2.45, 2.75) is 68.5 Å². The van der Waals surface area contributed by atoms with Gasteiger partial charge in [-0.1, -0.05) is 6.08 Å². The van der Waals surface area contributed by atoms with Gasteiger partial charge in [-0.25, -0.2) is 24.1 Å². The van der Waals surface area contributed by atoms with E-state index in [2.05, 4.69) is 19.3 Å². The summed E-state index contributed by atoms with van der Waals surface area (Å²) in [5.41, 5.74) is 11.7. The first-order chi connectivity index (χ1) is 22.5. The van der Waals surface area contributed by atoms with Gasteiger partial charge in [-0.3, -0.25) is 18.4 Å². The van der Waals surface area contributed by atoms with E-state index in [1.54, 1.807) is 0 Å². The molecule has 0 aromatic carbocycles. The first kappa shape index (κ1) is 36.4. The highest BCUT2D eigenvalue weighted by atomic mass is 31.3. The Morgan fingerprint density at radius 1 is 0.979 bits per heavy atom. The summed E-state index contributed by atoms with van der Waals surface area (Å²) < 4.78 is 51.2. The molecule has 0 radical (unpaired) electrons. The number of aromatic nitrogens is 4. The summed E-state index contributed by atoms with van der Waals surface area (Å²) in [5, 5.41) is 51.7.